The van der Waals surface area contributed by atoms with Crippen molar-refractivity contribution in [2.45, 2.75) is 33.2 Å². The maximum Gasteiger partial charge on any atom is 0.124 e. The quantitative estimate of drug-likeness (QED) is 0.855. The van der Waals surface area contributed by atoms with Crippen LogP contribution < -0.4 is 10.1 Å². The molecule has 2 heteroatoms. The fourth-order valence-electron chi connectivity index (χ4n) is 2.63. The van der Waals surface area contributed by atoms with Gasteiger partial charge in [0, 0.05) is 5.56 Å². The second kappa shape index (κ2) is 7.28. The van der Waals surface area contributed by atoms with Gasteiger partial charge in [-0.3, -0.25) is 0 Å². The summed E-state index contributed by atoms with van der Waals surface area (Å²) in [4.78, 5) is 0. The van der Waals surface area contributed by atoms with E-state index in [1.807, 2.05) is 14.0 Å². The van der Waals surface area contributed by atoms with Gasteiger partial charge in [-0.2, -0.15) is 0 Å². The molecular formula is C19H25NO. The van der Waals surface area contributed by atoms with Gasteiger partial charge in [0.25, 0.3) is 0 Å². The molecule has 0 fully saturated rings. The minimum atomic E-state index is 0.150. The zero-order chi connectivity index (χ0) is 15.2. The van der Waals surface area contributed by atoms with E-state index in [0.29, 0.717) is 6.61 Å². The molecule has 0 aliphatic carbocycles. The van der Waals surface area contributed by atoms with Crippen molar-refractivity contribution in [3.63, 3.8) is 0 Å². The molecule has 2 nitrogen and oxygen atoms in total. The maximum absolute atomic E-state index is 5.80. The molecule has 0 aliphatic heterocycles. The summed E-state index contributed by atoms with van der Waals surface area (Å²) >= 11 is 0. The van der Waals surface area contributed by atoms with E-state index in [1.54, 1.807) is 0 Å². The van der Waals surface area contributed by atoms with Crippen LogP contribution in [0.15, 0.2) is 42.5 Å². The molecule has 2 aromatic carbocycles. The number of rotatable bonds is 6. The molecule has 0 amide bonds. The predicted molar refractivity (Wildman–Crippen MR) is 89.1 cm³/mol. The summed E-state index contributed by atoms with van der Waals surface area (Å²) in [6.07, 6.45) is 1.07. The van der Waals surface area contributed by atoms with Crippen molar-refractivity contribution in [2.24, 2.45) is 0 Å². The maximum atomic E-state index is 5.80. The summed E-state index contributed by atoms with van der Waals surface area (Å²) in [5, 5.41) is 3.42. The number of hydrogen-bond acceptors (Lipinski definition) is 2. The SMILES string of the molecule is CCOc1ccc(C)cc1C(NC)c1ccc(CC)cc1. The van der Waals surface area contributed by atoms with E-state index in [2.05, 4.69) is 61.6 Å². The lowest BCUT2D eigenvalue weighted by Gasteiger charge is -2.21. The number of benzene rings is 2. The summed E-state index contributed by atoms with van der Waals surface area (Å²) in [6, 6.07) is 15.3. The van der Waals surface area contributed by atoms with Gasteiger partial charge < -0.3 is 10.1 Å². The van der Waals surface area contributed by atoms with Crippen molar-refractivity contribution in [3.8, 4) is 5.75 Å². The van der Waals surface area contributed by atoms with Crippen LogP contribution in [0.5, 0.6) is 5.75 Å². The fourth-order valence-corrected chi connectivity index (χ4v) is 2.63. The molecule has 2 aromatic rings. The van der Waals surface area contributed by atoms with E-state index < -0.39 is 0 Å². The van der Waals surface area contributed by atoms with E-state index in [0.717, 1.165) is 12.2 Å². The summed E-state index contributed by atoms with van der Waals surface area (Å²) in [5.74, 6) is 0.960. The number of nitrogens with one attached hydrogen (secondary N) is 1. The Bertz CT molecular complexity index is 575. The Kier molecular flexibility index (Phi) is 5.40. The molecule has 0 bridgehead atoms. The normalized spacial score (nSPS) is 12.2. The van der Waals surface area contributed by atoms with Gasteiger partial charge in [0.15, 0.2) is 0 Å². The van der Waals surface area contributed by atoms with Crippen molar-refractivity contribution in [1.82, 2.24) is 5.32 Å². The average molecular weight is 283 g/mol. The summed E-state index contributed by atoms with van der Waals surface area (Å²) in [7, 11) is 2.00. The van der Waals surface area contributed by atoms with Gasteiger partial charge in [-0.15, -0.1) is 0 Å². The van der Waals surface area contributed by atoms with Crippen LogP contribution in [0, 0.1) is 6.92 Å². The lowest BCUT2D eigenvalue weighted by Crippen LogP contribution is -2.19. The lowest BCUT2D eigenvalue weighted by molar-refractivity contribution is 0.334. The zero-order valence-electron chi connectivity index (χ0n) is 13.4. The zero-order valence-corrected chi connectivity index (χ0v) is 13.4. The van der Waals surface area contributed by atoms with Crippen LogP contribution >= 0.6 is 0 Å². The van der Waals surface area contributed by atoms with E-state index in [9.17, 15) is 0 Å². The molecule has 2 rings (SSSR count). The van der Waals surface area contributed by atoms with Crippen molar-refractivity contribution in [3.05, 3.63) is 64.7 Å². The van der Waals surface area contributed by atoms with Crippen molar-refractivity contribution < 1.29 is 4.74 Å². The smallest absolute Gasteiger partial charge is 0.124 e. The lowest BCUT2D eigenvalue weighted by atomic mass is 9.95. The highest BCUT2D eigenvalue weighted by Crippen LogP contribution is 2.31. The molecule has 1 N–H and O–H groups in total. The van der Waals surface area contributed by atoms with E-state index in [1.165, 1.54) is 22.3 Å². The highest BCUT2D eigenvalue weighted by Gasteiger charge is 2.17. The van der Waals surface area contributed by atoms with Crippen LogP contribution in [0.3, 0.4) is 0 Å². The Morgan fingerprint density at radius 1 is 1.05 bits per heavy atom. The summed E-state index contributed by atoms with van der Waals surface area (Å²) in [6.45, 7) is 7.00. The van der Waals surface area contributed by atoms with E-state index >= 15 is 0 Å². The molecule has 0 radical (unpaired) electrons. The van der Waals surface area contributed by atoms with Gasteiger partial charge in [0.1, 0.15) is 5.75 Å². The molecule has 0 heterocycles. The number of aryl methyl sites for hydroxylation is 2. The summed E-state index contributed by atoms with van der Waals surface area (Å²) in [5.41, 5.74) is 5.08. The standard InChI is InChI=1S/C19H25NO/c1-5-15-8-10-16(11-9-15)19(20-4)17-13-14(3)7-12-18(17)21-6-2/h7-13,19-20H,5-6H2,1-4H3. The Balaban J connectivity index is 2.41. The van der Waals surface area contributed by atoms with Crippen molar-refractivity contribution >= 4 is 0 Å². The van der Waals surface area contributed by atoms with Gasteiger partial charge in [-0.05, 0) is 44.5 Å². The molecule has 0 aliphatic rings. The second-order valence-electron chi connectivity index (χ2n) is 5.29. The van der Waals surface area contributed by atoms with E-state index in [-0.39, 0.29) is 6.04 Å². The molecule has 21 heavy (non-hydrogen) atoms. The minimum Gasteiger partial charge on any atom is -0.494 e. The van der Waals surface area contributed by atoms with Gasteiger partial charge >= 0.3 is 0 Å². The van der Waals surface area contributed by atoms with Crippen LogP contribution in [0.2, 0.25) is 0 Å². The van der Waals surface area contributed by atoms with Gasteiger partial charge in [-0.1, -0.05) is 48.9 Å². The first-order valence-corrected chi connectivity index (χ1v) is 7.69. The first-order chi connectivity index (χ1) is 10.2. The van der Waals surface area contributed by atoms with Gasteiger partial charge in [0.2, 0.25) is 0 Å². The topological polar surface area (TPSA) is 21.3 Å². The van der Waals surface area contributed by atoms with Gasteiger partial charge in [-0.25, -0.2) is 0 Å². The van der Waals surface area contributed by atoms with E-state index in [4.69, 9.17) is 4.74 Å². The monoisotopic (exact) mass is 283 g/mol. The number of hydrogen-bond donors (Lipinski definition) is 1. The van der Waals surface area contributed by atoms with Crippen LogP contribution in [0.25, 0.3) is 0 Å². The van der Waals surface area contributed by atoms with Gasteiger partial charge in [0.05, 0.1) is 12.6 Å². The highest BCUT2D eigenvalue weighted by molar-refractivity contribution is 5.44. The van der Waals surface area contributed by atoms with Crippen LogP contribution in [-0.2, 0) is 6.42 Å². The molecular weight excluding hydrogens is 258 g/mol. The molecule has 1 unspecified atom stereocenters. The predicted octanol–water partition coefficient (Wildman–Crippen LogP) is 4.26. The third kappa shape index (κ3) is 3.64. The molecule has 112 valence electrons. The Morgan fingerprint density at radius 2 is 1.76 bits per heavy atom. The molecule has 0 aromatic heterocycles. The molecule has 0 saturated heterocycles. The molecule has 1 atom stereocenters. The minimum absolute atomic E-state index is 0.150. The van der Waals surface area contributed by atoms with Crippen molar-refractivity contribution in [1.29, 1.82) is 0 Å². The number of ether oxygens (including phenoxy) is 1. The van der Waals surface area contributed by atoms with Crippen LogP contribution in [0.4, 0.5) is 0 Å². The average Bonchev–Trinajstić information content (AvgIpc) is 2.51. The molecule has 0 saturated carbocycles. The Morgan fingerprint density at radius 3 is 2.33 bits per heavy atom. The Hall–Kier alpha value is -1.80. The van der Waals surface area contributed by atoms with Crippen molar-refractivity contribution in [2.75, 3.05) is 13.7 Å². The third-order valence-corrected chi connectivity index (χ3v) is 3.79. The summed E-state index contributed by atoms with van der Waals surface area (Å²) < 4.78 is 5.80. The first kappa shape index (κ1) is 15.6. The van der Waals surface area contributed by atoms with Crippen LogP contribution in [0.1, 0.15) is 42.1 Å². The Labute approximate surface area is 128 Å². The largest absolute Gasteiger partial charge is 0.494 e. The third-order valence-electron chi connectivity index (χ3n) is 3.79. The molecule has 0 spiro atoms. The van der Waals surface area contributed by atoms with Crippen LogP contribution in [-0.4, -0.2) is 13.7 Å². The highest BCUT2D eigenvalue weighted by atomic mass is 16.5. The fraction of sp³-hybridized carbons (Fsp3) is 0.368. The second-order valence-corrected chi connectivity index (χ2v) is 5.29. The first-order valence-electron chi connectivity index (χ1n) is 7.69.